The third kappa shape index (κ3) is 4.46. The van der Waals surface area contributed by atoms with Crippen LogP contribution in [0, 0.1) is 10.1 Å². The Labute approximate surface area is 184 Å². The molecule has 0 bridgehead atoms. The number of aliphatic hydroxyl groups is 1. The fraction of sp³-hybridized carbons (Fsp3) is 0.130. The Morgan fingerprint density at radius 2 is 1.70 bits per heavy atom. The van der Waals surface area contributed by atoms with Crippen molar-refractivity contribution in [2.24, 2.45) is 0 Å². The monoisotopic (exact) mass is 455 g/mol. The van der Waals surface area contributed by atoms with Gasteiger partial charge in [0.25, 0.3) is 11.2 Å². The number of aromatic nitrogens is 2. The maximum Gasteiger partial charge on any atom is 0.418 e. The van der Waals surface area contributed by atoms with E-state index in [2.05, 4.69) is 4.98 Å². The van der Waals surface area contributed by atoms with Crippen molar-refractivity contribution < 1.29 is 23.2 Å². The van der Waals surface area contributed by atoms with E-state index in [9.17, 15) is 33.2 Å². The molecule has 0 aliphatic carbocycles. The zero-order valence-electron chi connectivity index (χ0n) is 16.9. The van der Waals surface area contributed by atoms with Crippen LogP contribution in [0.4, 0.5) is 18.9 Å². The van der Waals surface area contributed by atoms with Crippen LogP contribution in [0.2, 0.25) is 0 Å². The van der Waals surface area contributed by atoms with Crippen LogP contribution in [0.1, 0.15) is 23.1 Å². The van der Waals surface area contributed by atoms with Gasteiger partial charge in [0.15, 0.2) is 6.10 Å². The number of rotatable bonds is 5. The van der Waals surface area contributed by atoms with Gasteiger partial charge in [-0.3, -0.25) is 19.5 Å². The Hall–Kier alpha value is -4.05. The van der Waals surface area contributed by atoms with Crippen molar-refractivity contribution in [2.75, 3.05) is 0 Å². The van der Waals surface area contributed by atoms with Gasteiger partial charge < -0.3 is 5.11 Å². The molecule has 3 aromatic carbocycles. The number of halogens is 3. The van der Waals surface area contributed by atoms with Crippen LogP contribution in [-0.4, -0.2) is 25.8 Å². The van der Waals surface area contributed by atoms with E-state index in [0.29, 0.717) is 5.82 Å². The number of alkyl halides is 3. The number of hydrogen-bond donors (Lipinski definition) is 1. The summed E-state index contributed by atoms with van der Waals surface area (Å²) in [6.07, 6.45) is -7.26. The van der Waals surface area contributed by atoms with Crippen LogP contribution in [0.25, 0.3) is 16.6 Å². The van der Waals surface area contributed by atoms with E-state index >= 15 is 0 Å². The largest absolute Gasteiger partial charge is 0.418 e. The zero-order chi connectivity index (χ0) is 23.8. The molecule has 0 aliphatic heterocycles. The Morgan fingerprint density at radius 1 is 1.03 bits per heavy atom. The molecule has 0 aliphatic rings. The molecule has 0 fully saturated rings. The van der Waals surface area contributed by atoms with E-state index in [1.807, 2.05) is 30.3 Å². The third-order valence-electron chi connectivity index (χ3n) is 5.11. The normalized spacial score (nSPS) is 12.6. The van der Waals surface area contributed by atoms with E-state index in [4.69, 9.17) is 0 Å². The first-order chi connectivity index (χ1) is 15.6. The molecule has 1 N–H and O–H groups in total. The lowest BCUT2D eigenvalue weighted by Gasteiger charge is -2.17. The Kier molecular flexibility index (Phi) is 5.69. The number of benzene rings is 3. The van der Waals surface area contributed by atoms with Gasteiger partial charge >= 0.3 is 6.18 Å². The number of nitro groups is 1. The minimum absolute atomic E-state index is 0.000384. The van der Waals surface area contributed by atoms with E-state index in [-0.39, 0.29) is 34.3 Å². The standard InChI is InChI=1S/C23H16F3N3O4/c24-23(25,26)21(30)15-6-8-16(9-7-15)28-20(12-14-4-2-1-3-5-14)27-19-11-10-17(29(32)33)13-18(19)22(28)31/h1-11,13,21,30H,12H2. The Morgan fingerprint density at radius 3 is 2.30 bits per heavy atom. The van der Waals surface area contributed by atoms with E-state index in [1.54, 1.807) is 0 Å². The molecule has 1 aromatic heterocycles. The number of nitrogens with zero attached hydrogens (tertiary/aromatic N) is 3. The maximum atomic E-state index is 13.4. The summed E-state index contributed by atoms with van der Waals surface area (Å²) in [6.45, 7) is 0. The first kappa shape index (κ1) is 22.2. The van der Waals surface area contributed by atoms with Gasteiger partial charge in [0.05, 0.1) is 21.5 Å². The van der Waals surface area contributed by atoms with Crippen molar-refractivity contribution >= 4 is 16.6 Å². The molecule has 0 amide bonds. The van der Waals surface area contributed by atoms with Crippen molar-refractivity contribution in [3.63, 3.8) is 0 Å². The number of fused-ring (bicyclic) bond motifs is 1. The molecule has 0 saturated heterocycles. The van der Waals surface area contributed by atoms with Crippen LogP contribution < -0.4 is 5.56 Å². The minimum atomic E-state index is -4.83. The average Bonchev–Trinajstić information content (AvgIpc) is 2.79. The van der Waals surface area contributed by atoms with Gasteiger partial charge in [-0.2, -0.15) is 13.2 Å². The average molecular weight is 455 g/mol. The lowest BCUT2D eigenvalue weighted by atomic mass is 10.1. The minimum Gasteiger partial charge on any atom is -0.379 e. The summed E-state index contributed by atoms with van der Waals surface area (Å²) in [4.78, 5) is 28.4. The molecule has 0 saturated carbocycles. The Balaban J connectivity index is 1.90. The summed E-state index contributed by atoms with van der Waals surface area (Å²) in [5.41, 5.74) is 0.0461. The summed E-state index contributed by atoms with van der Waals surface area (Å²) < 4.78 is 39.7. The topological polar surface area (TPSA) is 98.3 Å². The molecule has 33 heavy (non-hydrogen) atoms. The first-order valence-electron chi connectivity index (χ1n) is 9.74. The lowest BCUT2D eigenvalue weighted by molar-refractivity contribution is -0.384. The predicted octanol–water partition coefficient (Wildman–Crippen LogP) is 4.48. The lowest BCUT2D eigenvalue weighted by Crippen LogP contribution is -2.24. The molecule has 168 valence electrons. The SMILES string of the molecule is O=c1c2cc([N+](=O)[O-])ccc2nc(Cc2ccccc2)n1-c1ccc(C(O)C(F)(F)F)cc1. The first-order valence-corrected chi connectivity index (χ1v) is 9.74. The molecular weight excluding hydrogens is 439 g/mol. The molecule has 7 nitrogen and oxygen atoms in total. The molecule has 4 aromatic rings. The molecule has 1 atom stereocenters. The summed E-state index contributed by atoms with van der Waals surface area (Å²) in [5, 5.41) is 20.6. The highest BCUT2D eigenvalue weighted by Gasteiger charge is 2.39. The van der Waals surface area contributed by atoms with Crippen molar-refractivity contribution in [3.8, 4) is 5.69 Å². The van der Waals surface area contributed by atoms with E-state index < -0.39 is 22.8 Å². The number of aliphatic hydroxyl groups excluding tert-OH is 1. The molecule has 10 heteroatoms. The summed E-state index contributed by atoms with van der Waals surface area (Å²) in [6, 6.07) is 17.6. The van der Waals surface area contributed by atoms with Gasteiger partial charge in [-0.1, -0.05) is 42.5 Å². The van der Waals surface area contributed by atoms with Gasteiger partial charge in [-0.25, -0.2) is 4.98 Å². The number of hydrogen-bond acceptors (Lipinski definition) is 5. The van der Waals surface area contributed by atoms with E-state index in [0.717, 1.165) is 23.8 Å². The fourth-order valence-electron chi connectivity index (χ4n) is 3.49. The molecular formula is C23H16F3N3O4. The number of nitro benzene ring substituents is 1. The second kappa shape index (κ2) is 8.47. The molecule has 0 spiro atoms. The van der Waals surface area contributed by atoms with Crippen molar-refractivity contribution in [1.82, 2.24) is 9.55 Å². The summed E-state index contributed by atoms with van der Waals surface area (Å²) in [7, 11) is 0. The second-order valence-electron chi connectivity index (χ2n) is 7.33. The van der Waals surface area contributed by atoms with Crippen molar-refractivity contribution in [3.05, 3.63) is 110 Å². The highest BCUT2D eigenvalue weighted by atomic mass is 19.4. The van der Waals surface area contributed by atoms with Gasteiger partial charge in [-0.15, -0.1) is 0 Å². The van der Waals surface area contributed by atoms with Crippen molar-refractivity contribution in [1.29, 1.82) is 0 Å². The number of non-ortho nitro benzene ring substituents is 1. The zero-order valence-corrected chi connectivity index (χ0v) is 16.9. The summed E-state index contributed by atoms with van der Waals surface area (Å²) in [5.74, 6) is 0.302. The van der Waals surface area contributed by atoms with Crippen LogP contribution >= 0.6 is 0 Å². The van der Waals surface area contributed by atoms with Crippen LogP contribution in [0.5, 0.6) is 0 Å². The summed E-state index contributed by atoms with van der Waals surface area (Å²) >= 11 is 0. The Bertz CT molecular complexity index is 1380. The van der Waals surface area contributed by atoms with Crippen molar-refractivity contribution in [2.45, 2.75) is 18.7 Å². The van der Waals surface area contributed by atoms with Crippen LogP contribution in [-0.2, 0) is 6.42 Å². The third-order valence-corrected chi connectivity index (χ3v) is 5.11. The molecule has 4 rings (SSSR count). The highest BCUT2D eigenvalue weighted by molar-refractivity contribution is 5.80. The molecule has 1 unspecified atom stereocenters. The van der Waals surface area contributed by atoms with Crippen LogP contribution in [0.15, 0.2) is 77.6 Å². The quantitative estimate of drug-likeness (QED) is 0.353. The van der Waals surface area contributed by atoms with Gasteiger partial charge in [0.2, 0.25) is 0 Å². The predicted molar refractivity (Wildman–Crippen MR) is 114 cm³/mol. The molecule has 1 heterocycles. The van der Waals surface area contributed by atoms with Gasteiger partial charge in [0.1, 0.15) is 5.82 Å². The van der Waals surface area contributed by atoms with Gasteiger partial charge in [0, 0.05) is 18.6 Å². The second-order valence-corrected chi connectivity index (χ2v) is 7.33. The maximum absolute atomic E-state index is 13.4. The molecule has 0 radical (unpaired) electrons. The smallest absolute Gasteiger partial charge is 0.379 e. The van der Waals surface area contributed by atoms with Crippen LogP contribution in [0.3, 0.4) is 0 Å². The highest BCUT2D eigenvalue weighted by Crippen LogP contribution is 2.32. The van der Waals surface area contributed by atoms with Gasteiger partial charge in [-0.05, 0) is 29.3 Å². The van der Waals surface area contributed by atoms with E-state index in [1.165, 1.54) is 28.8 Å². The fourth-order valence-corrected chi connectivity index (χ4v) is 3.49.